The van der Waals surface area contributed by atoms with Crippen molar-refractivity contribution in [3.05, 3.63) is 24.3 Å². The third-order valence-corrected chi connectivity index (χ3v) is 2.61. The highest BCUT2D eigenvalue weighted by Gasteiger charge is 2.13. The van der Waals surface area contributed by atoms with Crippen LogP contribution >= 0.6 is 0 Å². The molecule has 0 radical (unpaired) electrons. The Bertz CT molecular complexity index is 474. The third-order valence-electron chi connectivity index (χ3n) is 1.60. The van der Waals surface area contributed by atoms with Crippen molar-refractivity contribution in [3.8, 4) is 0 Å². The quantitative estimate of drug-likeness (QED) is 0.794. The molecule has 0 N–H and O–H groups in total. The Labute approximate surface area is 110 Å². The van der Waals surface area contributed by atoms with Crippen molar-refractivity contribution >= 4 is 22.3 Å². The smallest absolute Gasteiger partial charge is 0.237 e. The van der Waals surface area contributed by atoms with Crippen molar-refractivity contribution < 1.29 is 8.42 Å². The van der Waals surface area contributed by atoms with Crippen LogP contribution in [0.3, 0.4) is 0 Å². The largest absolute Gasteiger partial charge is 0.294 e. The fourth-order valence-electron chi connectivity index (χ4n) is 1.02. The van der Waals surface area contributed by atoms with Crippen LogP contribution in [0.5, 0.6) is 0 Å². The highest BCUT2D eigenvalue weighted by molar-refractivity contribution is 7.89. The van der Waals surface area contributed by atoms with Gasteiger partial charge >= 0.3 is 0 Å². The standard InChI is InChI=1S/C8H11N3O2S.2C2H6/c1-4-7-8(5-9-2)11(6-10-7)14(3,12)13;2*1-2/h4-6H,1H2,2-3H3;2*1-2H3. The topological polar surface area (TPSA) is 64.3 Å². The number of hydrogen-bond donors (Lipinski definition) is 0. The summed E-state index contributed by atoms with van der Waals surface area (Å²) in [6, 6.07) is 0. The summed E-state index contributed by atoms with van der Waals surface area (Å²) < 4.78 is 23.6. The molecule has 1 aromatic heterocycles. The van der Waals surface area contributed by atoms with Gasteiger partial charge in [-0.2, -0.15) is 0 Å². The number of nitrogens with zero attached hydrogens (tertiary/aromatic N) is 3. The van der Waals surface area contributed by atoms with Gasteiger partial charge < -0.3 is 0 Å². The van der Waals surface area contributed by atoms with Gasteiger partial charge in [0.2, 0.25) is 10.0 Å². The lowest BCUT2D eigenvalue weighted by molar-refractivity contribution is 0.593. The van der Waals surface area contributed by atoms with E-state index in [-0.39, 0.29) is 0 Å². The first-order valence-corrected chi connectivity index (χ1v) is 7.68. The summed E-state index contributed by atoms with van der Waals surface area (Å²) in [5.74, 6) is 0. The van der Waals surface area contributed by atoms with Crippen molar-refractivity contribution in [1.29, 1.82) is 0 Å². The van der Waals surface area contributed by atoms with Crippen LogP contribution < -0.4 is 0 Å². The summed E-state index contributed by atoms with van der Waals surface area (Å²) in [6.07, 6.45) is 5.27. The number of aromatic nitrogens is 2. The second-order valence-corrected chi connectivity index (χ2v) is 4.52. The molecular formula is C12H23N3O2S. The maximum atomic E-state index is 11.3. The maximum Gasteiger partial charge on any atom is 0.237 e. The molecule has 1 aromatic rings. The van der Waals surface area contributed by atoms with Crippen molar-refractivity contribution in [2.75, 3.05) is 13.3 Å². The Kier molecular flexibility index (Phi) is 10.1. The molecule has 0 spiro atoms. The predicted octanol–water partition coefficient (Wildman–Crippen LogP) is 2.43. The number of aliphatic imine (C=N–C) groups is 1. The maximum absolute atomic E-state index is 11.3. The first-order valence-electron chi connectivity index (χ1n) is 5.83. The van der Waals surface area contributed by atoms with Gasteiger partial charge in [0.25, 0.3) is 0 Å². The zero-order chi connectivity index (χ0) is 14.8. The van der Waals surface area contributed by atoms with Crippen LogP contribution in [0, 0.1) is 0 Å². The van der Waals surface area contributed by atoms with Crippen molar-refractivity contribution in [2.24, 2.45) is 4.99 Å². The van der Waals surface area contributed by atoms with Gasteiger partial charge in [0.05, 0.1) is 11.9 Å². The van der Waals surface area contributed by atoms with Crippen LogP contribution in [0.1, 0.15) is 39.1 Å². The molecule has 0 saturated heterocycles. The summed E-state index contributed by atoms with van der Waals surface area (Å²) in [7, 11) is -1.77. The molecule has 0 fully saturated rings. The van der Waals surface area contributed by atoms with Gasteiger partial charge in [0, 0.05) is 13.3 Å². The average Bonchev–Trinajstić information content (AvgIpc) is 2.77. The molecular weight excluding hydrogens is 250 g/mol. The van der Waals surface area contributed by atoms with Gasteiger partial charge in [-0.25, -0.2) is 17.4 Å². The average molecular weight is 273 g/mol. The van der Waals surface area contributed by atoms with E-state index in [4.69, 9.17) is 0 Å². The minimum atomic E-state index is -3.33. The minimum Gasteiger partial charge on any atom is -0.294 e. The molecule has 5 nitrogen and oxygen atoms in total. The first-order chi connectivity index (χ1) is 8.50. The molecule has 0 atom stereocenters. The molecule has 104 valence electrons. The molecule has 0 saturated carbocycles. The van der Waals surface area contributed by atoms with Crippen molar-refractivity contribution in [2.45, 2.75) is 27.7 Å². The van der Waals surface area contributed by atoms with Crippen LogP contribution in [0.15, 0.2) is 17.9 Å². The highest BCUT2D eigenvalue weighted by Crippen LogP contribution is 2.08. The molecule has 18 heavy (non-hydrogen) atoms. The van der Waals surface area contributed by atoms with Gasteiger partial charge in [0.1, 0.15) is 12.0 Å². The SMILES string of the molecule is C=Cc1ncn(S(C)(=O)=O)c1C=NC.CC.CC. The molecule has 1 heterocycles. The summed E-state index contributed by atoms with van der Waals surface area (Å²) in [5, 5.41) is 0. The molecule has 0 aliphatic rings. The summed E-state index contributed by atoms with van der Waals surface area (Å²) in [5.41, 5.74) is 0.922. The van der Waals surface area contributed by atoms with E-state index in [0.29, 0.717) is 11.4 Å². The lowest BCUT2D eigenvalue weighted by Crippen LogP contribution is -2.12. The minimum absolute atomic E-state index is 0.421. The van der Waals surface area contributed by atoms with Crippen LogP contribution in [0.25, 0.3) is 6.08 Å². The van der Waals surface area contributed by atoms with Crippen molar-refractivity contribution in [3.63, 3.8) is 0 Å². The lowest BCUT2D eigenvalue weighted by Gasteiger charge is -2.00. The lowest BCUT2D eigenvalue weighted by atomic mass is 10.3. The summed E-state index contributed by atoms with van der Waals surface area (Å²) >= 11 is 0. The van der Waals surface area contributed by atoms with E-state index in [2.05, 4.69) is 16.6 Å². The summed E-state index contributed by atoms with van der Waals surface area (Å²) in [4.78, 5) is 7.66. The molecule has 0 aliphatic carbocycles. The van der Waals surface area contributed by atoms with E-state index in [0.717, 1.165) is 10.2 Å². The van der Waals surface area contributed by atoms with Crippen LogP contribution in [-0.4, -0.2) is 36.9 Å². The molecule has 0 amide bonds. The molecule has 6 heteroatoms. The van der Waals surface area contributed by atoms with Gasteiger partial charge in [-0.05, 0) is 6.08 Å². The van der Waals surface area contributed by atoms with E-state index < -0.39 is 10.0 Å². The highest BCUT2D eigenvalue weighted by atomic mass is 32.2. The van der Waals surface area contributed by atoms with Gasteiger partial charge in [-0.15, -0.1) is 0 Å². The Morgan fingerprint density at radius 2 is 1.83 bits per heavy atom. The van der Waals surface area contributed by atoms with Crippen LogP contribution in [0.4, 0.5) is 0 Å². The van der Waals surface area contributed by atoms with Gasteiger partial charge in [-0.3, -0.25) is 4.99 Å². The molecule has 1 rings (SSSR count). The number of hydrogen-bond acceptors (Lipinski definition) is 4. The van der Waals surface area contributed by atoms with Crippen molar-refractivity contribution in [1.82, 2.24) is 8.96 Å². The number of imidazole rings is 1. The van der Waals surface area contributed by atoms with Gasteiger partial charge in [-0.1, -0.05) is 34.3 Å². The molecule has 0 bridgehead atoms. The van der Waals surface area contributed by atoms with Crippen LogP contribution in [0.2, 0.25) is 0 Å². The molecule has 0 aromatic carbocycles. The molecule has 0 aliphatic heterocycles. The fourth-order valence-corrected chi connectivity index (χ4v) is 1.74. The van der Waals surface area contributed by atoms with Crippen LogP contribution in [-0.2, 0) is 10.0 Å². The van der Waals surface area contributed by atoms with E-state index in [9.17, 15) is 8.42 Å². The Hall–Kier alpha value is -1.43. The normalized spacial score (nSPS) is 10.1. The Balaban J connectivity index is 0. The second-order valence-electron chi connectivity index (χ2n) is 2.67. The third kappa shape index (κ3) is 5.27. The zero-order valence-electron chi connectivity index (χ0n) is 12.0. The second kappa shape index (κ2) is 9.58. The Morgan fingerprint density at radius 1 is 1.33 bits per heavy atom. The van der Waals surface area contributed by atoms with E-state index in [1.54, 1.807) is 7.05 Å². The zero-order valence-corrected chi connectivity index (χ0v) is 12.8. The monoisotopic (exact) mass is 273 g/mol. The first kappa shape index (κ1) is 18.9. The molecule has 0 unspecified atom stereocenters. The summed E-state index contributed by atoms with van der Waals surface area (Å²) in [6.45, 7) is 11.5. The van der Waals surface area contributed by atoms with E-state index in [1.165, 1.54) is 18.6 Å². The van der Waals surface area contributed by atoms with Gasteiger partial charge in [0.15, 0.2) is 0 Å². The Morgan fingerprint density at radius 3 is 2.17 bits per heavy atom. The predicted molar refractivity (Wildman–Crippen MR) is 78.8 cm³/mol. The number of rotatable bonds is 3. The van der Waals surface area contributed by atoms with E-state index >= 15 is 0 Å². The fraction of sp³-hybridized carbons (Fsp3) is 0.500. The van der Waals surface area contributed by atoms with E-state index in [1.807, 2.05) is 27.7 Å².